The largest absolute Gasteiger partial charge is 0.337 e. The van der Waals surface area contributed by atoms with Crippen molar-refractivity contribution < 1.29 is 9.32 Å². The summed E-state index contributed by atoms with van der Waals surface area (Å²) in [5.41, 5.74) is 3.23. The summed E-state index contributed by atoms with van der Waals surface area (Å²) >= 11 is 0. The Balaban J connectivity index is 1.39. The third-order valence-corrected chi connectivity index (χ3v) is 5.03. The molecule has 5 heteroatoms. The van der Waals surface area contributed by atoms with Gasteiger partial charge in [0.2, 0.25) is 17.6 Å². The summed E-state index contributed by atoms with van der Waals surface area (Å²) in [7, 11) is 1.77. The van der Waals surface area contributed by atoms with Gasteiger partial charge in [0.1, 0.15) is 0 Å². The van der Waals surface area contributed by atoms with Gasteiger partial charge in [0.15, 0.2) is 0 Å². The van der Waals surface area contributed by atoms with Crippen LogP contribution in [0.5, 0.6) is 0 Å². The molecule has 1 amide bonds. The SMILES string of the molecule is Cc1cccc(-c2noc(CN(C)C(=O)CCc3cccc4ccccc34)n2)c1. The molecule has 4 rings (SSSR count). The van der Waals surface area contributed by atoms with Gasteiger partial charge in [-0.25, -0.2) is 0 Å². The number of hydrogen-bond acceptors (Lipinski definition) is 4. The van der Waals surface area contributed by atoms with Crippen LogP contribution in [0.25, 0.3) is 22.2 Å². The average Bonchev–Trinajstić information content (AvgIpc) is 3.20. The maximum Gasteiger partial charge on any atom is 0.246 e. The highest BCUT2D eigenvalue weighted by atomic mass is 16.5. The quantitative estimate of drug-likeness (QED) is 0.479. The fourth-order valence-electron chi connectivity index (χ4n) is 3.45. The number of aromatic nitrogens is 2. The zero-order valence-electron chi connectivity index (χ0n) is 16.6. The minimum atomic E-state index is 0.0493. The minimum Gasteiger partial charge on any atom is -0.337 e. The molecule has 5 nitrogen and oxygen atoms in total. The molecule has 0 saturated carbocycles. The van der Waals surface area contributed by atoms with Gasteiger partial charge in [-0.3, -0.25) is 4.79 Å². The van der Waals surface area contributed by atoms with Gasteiger partial charge >= 0.3 is 0 Å². The topological polar surface area (TPSA) is 59.2 Å². The van der Waals surface area contributed by atoms with Gasteiger partial charge in [-0.15, -0.1) is 0 Å². The van der Waals surface area contributed by atoms with Crippen molar-refractivity contribution in [1.82, 2.24) is 15.0 Å². The van der Waals surface area contributed by atoms with E-state index < -0.39 is 0 Å². The number of rotatable bonds is 6. The van der Waals surface area contributed by atoms with Gasteiger partial charge in [0.05, 0.1) is 6.54 Å². The summed E-state index contributed by atoms with van der Waals surface area (Å²) < 4.78 is 5.35. The van der Waals surface area contributed by atoms with E-state index in [-0.39, 0.29) is 5.91 Å². The van der Waals surface area contributed by atoms with Gasteiger partial charge in [0.25, 0.3) is 0 Å². The molecule has 0 unspecified atom stereocenters. The number of benzene rings is 3. The molecule has 0 spiro atoms. The Labute approximate surface area is 170 Å². The first kappa shape index (κ1) is 18.9. The van der Waals surface area contributed by atoms with Crippen molar-refractivity contribution in [3.63, 3.8) is 0 Å². The smallest absolute Gasteiger partial charge is 0.246 e. The standard InChI is InChI=1S/C24H23N3O2/c1-17-7-5-11-20(15-17)24-25-22(29-26-24)16-27(2)23(28)14-13-19-10-6-9-18-8-3-4-12-21(18)19/h3-12,15H,13-14,16H2,1-2H3. The average molecular weight is 385 g/mol. The number of aryl methyl sites for hydroxylation is 2. The van der Waals surface area contributed by atoms with Gasteiger partial charge in [-0.05, 0) is 35.7 Å². The Morgan fingerprint density at radius 2 is 1.83 bits per heavy atom. The van der Waals surface area contributed by atoms with Crippen molar-refractivity contribution in [3.8, 4) is 11.4 Å². The van der Waals surface area contributed by atoms with E-state index in [9.17, 15) is 4.79 Å². The fraction of sp³-hybridized carbons (Fsp3) is 0.208. The van der Waals surface area contributed by atoms with E-state index in [0.29, 0.717) is 31.1 Å². The second-order valence-corrected chi connectivity index (χ2v) is 7.27. The lowest BCUT2D eigenvalue weighted by atomic mass is 10.0. The van der Waals surface area contributed by atoms with Gasteiger partial charge in [0, 0.05) is 19.0 Å². The third kappa shape index (κ3) is 4.35. The van der Waals surface area contributed by atoms with E-state index in [4.69, 9.17) is 4.52 Å². The second kappa shape index (κ2) is 8.27. The first-order valence-corrected chi connectivity index (χ1v) is 9.70. The monoisotopic (exact) mass is 385 g/mol. The summed E-state index contributed by atoms with van der Waals surface area (Å²) in [5, 5.41) is 6.44. The summed E-state index contributed by atoms with van der Waals surface area (Å²) in [4.78, 5) is 18.7. The lowest BCUT2D eigenvalue weighted by Gasteiger charge is -2.15. The molecular weight excluding hydrogens is 362 g/mol. The zero-order chi connectivity index (χ0) is 20.2. The predicted molar refractivity (Wildman–Crippen MR) is 113 cm³/mol. The lowest BCUT2D eigenvalue weighted by molar-refractivity contribution is -0.130. The van der Waals surface area contributed by atoms with Crippen LogP contribution in [0, 0.1) is 6.92 Å². The molecule has 1 heterocycles. The van der Waals surface area contributed by atoms with Crippen molar-refractivity contribution in [2.24, 2.45) is 0 Å². The van der Waals surface area contributed by atoms with E-state index in [1.54, 1.807) is 11.9 Å². The number of nitrogens with zero attached hydrogens (tertiary/aromatic N) is 3. The molecule has 0 fully saturated rings. The molecule has 0 aliphatic carbocycles. The van der Waals surface area contributed by atoms with Crippen LogP contribution >= 0.6 is 0 Å². The van der Waals surface area contributed by atoms with Crippen LogP contribution in [0.4, 0.5) is 0 Å². The molecule has 0 radical (unpaired) electrons. The molecule has 4 aromatic rings. The highest BCUT2D eigenvalue weighted by molar-refractivity contribution is 5.86. The van der Waals surface area contributed by atoms with Crippen molar-refractivity contribution >= 4 is 16.7 Å². The molecule has 0 bridgehead atoms. The van der Waals surface area contributed by atoms with Crippen molar-refractivity contribution in [2.45, 2.75) is 26.3 Å². The van der Waals surface area contributed by atoms with Crippen molar-refractivity contribution in [1.29, 1.82) is 0 Å². The molecular formula is C24H23N3O2. The van der Waals surface area contributed by atoms with Crippen LogP contribution < -0.4 is 0 Å². The molecule has 146 valence electrons. The van der Waals surface area contributed by atoms with E-state index in [0.717, 1.165) is 11.1 Å². The second-order valence-electron chi connectivity index (χ2n) is 7.27. The first-order valence-electron chi connectivity index (χ1n) is 9.70. The lowest BCUT2D eigenvalue weighted by Crippen LogP contribution is -2.26. The van der Waals surface area contributed by atoms with Crippen LogP contribution in [0.15, 0.2) is 71.3 Å². The molecule has 0 saturated heterocycles. The fourth-order valence-corrected chi connectivity index (χ4v) is 3.45. The maximum atomic E-state index is 12.6. The van der Waals surface area contributed by atoms with E-state index in [1.165, 1.54) is 16.3 Å². The number of amides is 1. The van der Waals surface area contributed by atoms with E-state index in [2.05, 4.69) is 34.4 Å². The Bertz CT molecular complexity index is 1140. The Morgan fingerprint density at radius 1 is 1.03 bits per heavy atom. The molecule has 0 aliphatic rings. The normalized spacial score (nSPS) is 11.0. The summed E-state index contributed by atoms with van der Waals surface area (Å²) in [6.45, 7) is 2.32. The Kier molecular flexibility index (Phi) is 5.38. The Morgan fingerprint density at radius 3 is 2.69 bits per heavy atom. The number of hydrogen-bond donors (Lipinski definition) is 0. The van der Waals surface area contributed by atoms with Crippen LogP contribution in [0.2, 0.25) is 0 Å². The summed E-state index contributed by atoms with van der Waals surface area (Å²) in [5.74, 6) is 1.02. The highest BCUT2D eigenvalue weighted by Crippen LogP contribution is 2.20. The van der Waals surface area contributed by atoms with Crippen LogP contribution in [0.3, 0.4) is 0 Å². The minimum absolute atomic E-state index is 0.0493. The predicted octanol–water partition coefficient (Wildman–Crippen LogP) is 4.79. The third-order valence-electron chi connectivity index (χ3n) is 5.03. The maximum absolute atomic E-state index is 12.6. The number of carbonyl (C=O) groups is 1. The van der Waals surface area contributed by atoms with Crippen LogP contribution in [-0.2, 0) is 17.8 Å². The zero-order valence-corrected chi connectivity index (χ0v) is 16.6. The highest BCUT2D eigenvalue weighted by Gasteiger charge is 2.15. The Hall–Kier alpha value is -3.47. The molecule has 29 heavy (non-hydrogen) atoms. The summed E-state index contributed by atoms with van der Waals surface area (Å²) in [6.07, 6.45) is 1.13. The molecule has 0 N–H and O–H groups in total. The molecule has 1 aromatic heterocycles. The van der Waals surface area contributed by atoms with Crippen molar-refractivity contribution in [2.75, 3.05) is 7.05 Å². The number of carbonyl (C=O) groups excluding carboxylic acids is 1. The number of fused-ring (bicyclic) bond motifs is 1. The van der Waals surface area contributed by atoms with Crippen LogP contribution in [0.1, 0.15) is 23.4 Å². The summed E-state index contributed by atoms with van der Waals surface area (Å²) in [6, 6.07) is 22.4. The molecule has 0 atom stereocenters. The van der Waals surface area contributed by atoms with Gasteiger partial charge in [-0.2, -0.15) is 4.98 Å². The van der Waals surface area contributed by atoms with Crippen molar-refractivity contribution in [3.05, 3.63) is 83.7 Å². The van der Waals surface area contributed by atoms with Gasteiger partial charge in [-0.1, -0.05) is 71.4 Å². The van der Waals surface area contributed by atoms with Crippen LogP contribution in [-0.4, -0.2) is 28.0 Å². The van der Waals surface area contributed by atoms with Gasteiger partial charge < -0.3 is 9.42 Å². The first-order chi connectivity index (χ1) is 14.1. The van der Waals surface area contributed by atoms with E-state index in [1.807, 2.05) is 49.4 Å². The molecule has 3 aromatic carbocycles. The van der Waals surface area contributed by atoms with E-state index >= 15 is 0 Å². The molecule has 0 aliphatic heterocycles.